The Bertz CT molecular complexity index is 1110. The Labute approximate surface area is 176 Å². The number of nitrogens with one attached hydrogen (secondary N) is 1. The molecule has 0 amide bonds. The van der Waals surface area contributed by atoms with E-state index in [1.807, 2.05) is 25.1 Å². The second-order valence-corrected chi connectivity index (χ2v) is 9.91. The third-order valence-corrected chi connectivity index (χ3v) is 6.98. The molecule has 7 heteroatoms. The number of ketones is 1. The number of carbonyl (C=O) groups is 1. The van der Waals surface area contributed by atoms with Gasteiger partial charge in [0.05, 0.1) is 22.2 Å². The average molecular weight is 431 g/mol. The summed E-state index contributed by atoms with van der Waals surface area (Å²) in [5.74, 6) is 0.510. The van der Waals surface area contributed by atoms with E-state index in [9.17, 15) is 13.2 Å². The van der Waals surface area contributed by atoms with Gasteiger partial charge < -0.3 is 0 Å². The van der Waals surface area contributed by atoms with E-state index < -0.39 is 10.0 Å². The molecule has 1 fully saturated rings. The number of fused-ring (bicyclic) bond motifs is 1. The number of sulfonamides is 1. The van der Waals surface area contributed by atoms with Crippen LogP contribution in [0.3, 0.4) is 0 Å². The van der Waals surface area contributed by atoms with Gasteiger partial charge in [-0.2, -0.15) is 0 Å². The van der Waals surface area contributed by atoms with E-state index in [0.29, 0.717) is 23.6 Å². The van der Waals surface area contributed by atoms with Crippen LogP contribution in [0.1, 0.15) is 43.1 Å². The second kappa shape index (κ2) is 7.92. The van der Waals surface area contributed by atoms with E-state index in [0.717, 1.165) is 47.3 Å². The van der Waals surface area contributed by atoms with Gasteiger partial charge in [0.15, 0.2) is 0 Å². The molecule has 1 saturated carbocycles. The maximum absolute atomic E-state index is 12.3. The number of aromatic nitrogens is 1. The van der Waals surface area contributed by atoms with Gasteiger partial charge in [0, 0.05) is 30.0 Å². The number of pyridine rings is 1. The first-order chi connectivity index (χ1) is 13.9. The first kappa shape index (κ1) is 20.1. The van der Waals surface area contributed by atoms with Crippen LogP contribution >= 0.6 is 11.6 Å². The fourth-order valence-electron chi connectivity index (χ4n) is 3.61. The molecule has 2 aromatic rings. The smallest absolute Gasteiger partial charge is 0.232 e. The standard InChI is InChI=1S/C22H23ClN2O3S/c1-2-10-29(27,28)25-21-9-8-15(11-19(21)23)18-12-16(13-22(26)14-6-7-14)24-20-5-3-4-17(18)20/h3-4,8-9,11-12,14,25H,2,5-7,10,13H2,1H3. The summed E-state index contributed by atoms with van der Waals surface area (Å²) in [5, 5.41) is 0.338. The molecule has 0 bridgehead atoms. The van der Waals surface area contributed by atoms with Crippen LogP contribution < -0.4 is 4.72 Å². The van der Waals surface area contributed by atoms with E-state index in [4.69, 9.17) is 16.6 Å². The SMILES string of the molecule is CCCS(=O)(=O)Nc1ccc(-c2cc(CC(=O)C3CC3)nc3c2C=CC3)cc1Cl. The summed E-state index contributed by atoms with van der Waals surface area (Å²) in [4.78, 5) is 17.0. The van der Waals surface area contributed by atoms with Crippen LogP contribution in [0.2, 0.25) is 5.02 Å². The largest absolute Gasteiger partial charge is 0.299 e. The van der Waals surface area contributed by atoms with Gasteiger partial charge in [0.1, 0.15) is 5.78 Å². The molecule has 1 heterocycles. The molecule has 4 rings (SSSR count). The van der Waals surface area contributed by atoms with Crippen LogP contribution in [0, 0.1) is 5.92 Å². The molecular weight excluding hydrogens is 408 g/mol. The fourth-order valence-corrected chi connectivity index (χ4v) is 5.04. The monoisotopic (exact) mass is 430 g/mol. The first-order valence-electron chi connectivity index (χ1n) is 9.89. The minimum absolute atomic E-state index is 0.0477. The minimum atomic E-state index is -3.41. The molecule has 1 aromatic heterocycles. The van der Waals surface area contributed by atoms with E-state index in [2.05, 4.69) is 10.8 Å². The van der Waals surface area contributed by atoms with Gasteiger partial charge in [0.2, 0.25) is 10.0 Å². The third-order valence-electron chi connectivity index (χ3n) is 5.19. The molecule has 0 unspecified atom stereocenters. The highest BCUT2D eigenvalue weighted by atomic mass is 35.5. The molecule has 0 aliphatic heterocycles. The number of hydrogen-bond donors (Lipinski definition) is 1. The zero-order chi connectivity index (χ0) is 20.6. The second-order valence-electron chi connectivity index (χ2n) is 7.66. The van der Waals surface area contributed by atoms with Crippen molar-refractivity contribution in [1.29, 1.82) is 0 Å². The van der Waals surface area contributed by atoms with Crippen molar-refractivity contribution in [3.8, 4) is 11.1 Å². The van der Waals surface area contributed by atoms with Crippen molar-refractivity contribution in [2.75, 3.05) is 10.5 Å². The molecule has 1 N–H and O–H groups in total. The van der Waals surface area contributed by atoms with Crippen LogP contribution in [-0.4, -0.2) is 24.9 Å². The van der Waals surface area contributed by atoms with Crippen molar-refractivity contribution >= 4 is 39.2 Å². The van der Waals surface area contributed by atoms with Gasteiger partial charge in [-0.05, 0) is 48.6 Å². The summed E-state index contributed by atoms with van der Waals surface area (Å²) >= 11 is 6.40. The Morgan fingerprint density at radius 1 is 1.28 bits per heavy atom. The molecule has 0 radical (unpaired) electrons. The van der Waals surface area contributed by atoms with E-state index >= 15 is 0 Å². The lowest BCUT2D eigenvalue weighted by Gasteiger charge is -2.14. The topological polar surface area (TPSA) is 76.1 Å². The summed E-state index contributed by atoms with van der Waals surface area (Å²) in [6.45, 7) is 1.81. The van der Waals surface area contributed by atoms with Crippen LogP contribution in [0.5, 0.6) is 0 Å². The summed E-state index contributed by atoms with van der Waals surface area (Å²) < 4.78 is 26.6. The Morgan fingerprint density at radius 2 is 2.07 bits per heavy atom. The number of allylic oxidation sites excluding steroid dienone is 1. The Morgan fingerprint density at radius 3 is 2.76 bits per heavy atom. The summed E-state index contributed by atoms with van der Waals surface area (Å²) in [6.07, 6.45) is 7.71. The van der Waals surface area contributed by atoms with E-state index in [1.54, 1.807) is 12.1 Å². The first-order valence-corrected chi connectivity index (χ1v) is 11.9. The quantitative estimate of drug-likeness (QED) is 0.661. The highest BCUT2D eigenvalue weighted by Crippen LogP contribution is 2.36. The van der Waals surface area contributed by atoms with Crippen molar-refractivity contribution in [1.82, 2.24) is 4.98 Å². The molecule has 152 valence electrons. The zero-order valence-electron chi connectivity index (χ0n) is 16.2. The van der Waals surface area contributed by atoms with Crippen molar-refractivity contribution < 1.29 is 13.2 Å². The molecule has 1 aromatic carbocycles. The lowest BCUT2D eigenvalue weighted by molar-refractivity contribution is -0.119. The van der Waals surface area contributed by atoms with Gasteiger partial charge in [0.25, 0.3) is 0 Å². The number of halogens is 1. The number of Topliss-reactive ketones (excluding diaryl/α,β-unsaturated/α-hetero) is 1. The molecule has 29 heavy (non-hydrogen) atoms. The van der Waals surface area contributed by atoms with Gasteiger partial charge >= 0.3 is 0 Å². The number of benzene rings is 1. The summed E-state index contributed by atoms with van der Waals surface area (Å²) in [7, 11) is -3.41. The van der Waals surface area contributed by atoms with Crippen molar-refractivity contribution in [3.63, 3.8) is 0 Å². The molecule has 5 nitrogen and oxygen atoms in total. The molecule has 0 saturated heterocycles. The highest BCUT2D eigenvalue weighted by Gasteiger charge is 2.30. The Kier molecular flexibility index (Phi) is 5.49. The van der Waals surface area contributed by atoms with Gasteiger partial charge in [-0.1, -0.05) is 36.7 Å². The predicted molar refractivity (Wildman–Crippen MR) is 117 cm³/mol. The molecule has 2 aliphatic rings. The molecular formula is C22H23ClN2O3S. The number of carbonyl (C=O) groups excluding carboxylic acids is 1. The Hall–Kier alpha value is -2.18. The Balaban J connectivity index is 1.67. The fraction of sp³-hybridized carbons (Fsp3) is 0.364. The van der Waals surface area contributed by atoms with Crippen LogP contribution in [0.25, 0.3) is 17.2 Å². The van der Waals surface area contributed by atoms with Gasteiger partial charge in [-0.15, -0.1) is 0 Å². The molecule has 0 spiro atoms. The lowest BCUT2D eigenvalue weighted by atomic mass is 9.97. The van der Waals surface area contributed by atoms with Crippen molar-refractivity contribution in [3.05, 3.63) is 52.3 Å². The minimum Gasteiger partial charge on any atom is -0.299 e. The number of hydrogen-bond acceptors (Lipinski definition) is 4. The number of rotatable bonds is 8. The molecule has 0 atom stereocenters. The third kappa shape index (κ3) is 4.54. The van der Waals surface area contributed by atoms with E-state index in [1.165, 1.54) is 0 Å². The van der Waals surface area contributed by atoms with Gasteiger partial charge in [-0.25, -0.2) is 8.42 Å². The van der Waals surface area contributed by atoms with Crippen LogP contribution in [0.4, 0.5) is 5.69 Å². The summed E-state index contributed by atoms with van der Waals surface area (Å²) in [5.41, 5.74) is 4.98. The average Bonchev–Trinajstić information content (AvgIpc) is 3.41. The number of anilines is 1. The van der Waals surface area contributed by atoms with Crippen molar-refractivity contribution in [2.24, 2.45) is 5.92 Å². The van der Waals surface area contributed by atoms with Crippen LogP contribution in [-0.2, 0) is 27.7 Å². The van der Waals surface area contributed by atoms with Crippen LogP contribution in [0.15, 0.2) is 30.3 Å². The van der Waals surface area contributed by atoms with E-state index in [-0.39, 0.29) is 17.5 Å². The normalized spacial score (nSPS) is 15.4. The number of nitrogens with zero attached hydrogens (tertiary/aromatic N) is 1. The maximum atomic E-state index is 12.3. The predicted octanol–water partition coefficient (Wildman–Crippen LogP) is 4.64. The highest BCUT2D eigenvalue weighted by molar-refractivity contribution is 7.92. The zero-order valence-corrected chi connectivity index (χ0v) is 17.8. The van der Waals surface area contributed by atoms with Gasteiger partial charge in [-0.3, -0.25) is 14.5 Å². The summed E-state index contributed by atoms with van der Waals surface area (Å²) in [6, 6.07) is 7.26. The molecule has 2 aliphatic carbocycles. The maximum Gasteiger partial charge on any atom is 0.232 e. The van der Waals surface area contributed by atoms with Crippen molar-refractivity contribution in [2.45, 2.75) is 39.0 Å². The lowest BCUT2D eigenvalue weighted by Crippen LogP contribution is -2.16.